The first-order valence-electron chi connectivity index (χ1n) is 11.2. The van der Waals surface area contributed by atoms with Crippen LogP contribution in [0.25, 0.3) is 5.57 Å². The van der Waals surface area contributed by atoms with Crippen molar-refractivity contribution in [2.45, 2.75) is 12.2 Å². The van der Waals surface area contributed by atoms with Gasteiger partial charge in [-0.3, -0.25) is 0 Å². The molecule has 2 aliphatic rings. The first kappa shape index (κ1) is 22.9. The third-order valence-corrected chi connectivity index (χ3v) is 6.16. The standard InChI is InChI=1S/C26H23F3N4O2/c27-26(28,29)18-3-1-17(2-4-18)22-15-31-23(16-34)24-21(22)9-10-30-25(24)32-19-5-7-20(8-6-19)33-11-13-35-14-12-33/h1-10,15-16,23,31H,11-14H2,(H,30,32). The zero-order valence-corrected chi connectivity index (χ0v) is 18.7. The van der Waals surface area contributed by atoms with Crippen molar-refractivity contribution in [2.24, 2.45) is 0 Å². The van der Waals surface area contributed by atoms with E-state index < -0.39 is 17.8 Å². The number of nitrogens with zero attached hydrogens (tertiary/aromatic N) is 2. The minimum absolute atomic E-state index is 0.503. The van der Waals surface area contributed by atoms with E-state index in [0.717, 1.165) is 48.4 Å². The fraction of sp³-hybridized carbons (Fsp3) is 0.231. The molecule has 0 amide bonds. The number of rotatable bonds is 5. The molecule has 1 aromatic heterocycles. The van der Waals surface area contributed by atoms with Crippen LogP contribution < -0.4 is 15.5 Å². The first-order valence-corrected chi connectivity index (χ1v) is 11.2. The van der Waals surface area contributed by atoms with Gasteiger partial charge in [0, 0.05) is 48.0 Å². The molecule has 1 atom stereocenters. The zero-order valence-electron chi connectivity index (χ0n) is 18.7. The van der Waals surface area contributed by atoms with Gasteiger partial charge in [-0.25, -0.2) is 4.98 Å². The molecule has 1 saturated heterocycles. The molecule has 2 aromatic carbocycles. The maximum absolute atomic E-state index is 13.0. The van der Waals surface area contributed by atoms with Crippen molar-refractivity contribution in [1.29, 1.82) is 0 Å². The molecule has 35 heavy (non-hydrogen) atoms. The first-order chi connectivity index (χ1) is 16.9. The Hall–Kier alpha value is -3.85. The number of nitrogens with one attached hydrogen (secondary N) is 2. The predicted octanol–water partition coefficient (Wildman–Crippen LogP) is 4.91. The smallest absolute Gasteiger partial charge is 0.378 e. The van der Waals surface area contributed by atoms with E-state index in [2.05, 4.69) is 20.5 Å². The maximum Gasteiger partial charge on any atom is 0.416 e. The molecule has 0 spiro atoms. The minimum atomic E-state index is -4.41. The molecule has 0 aliphatic carbocycles. The summed E-state index contributed by atoms with van der Waals surface area (Å²) in [5.41, 5.74) is 3.83. The number of aromatic nitrogens is 1. The van der Waals surface area contributed by atoms with Crippen molar-refractivity contribution < 1.29 is 22.7 Å². The Labute approximate surface area is 200 Å². The number of morpholine rings is 1. The maximum atomic E-state index is 13.0. The van der Waals surface area contributed by atoms with Gasteiger partial charge < -0.3 is 25.1 Å². The van der Waals surface area contributed by atoms with Crippen molar-refractivity contribution in [2.75, 3.05) is 36.5 Å². The van der Waals surface area contributed by atoms with Crippen molar-refractivity contribution in [1.82, 2.24) is 10.3 Å². The SMILES string of the molecule is O=CC1NC=C(c2ccc(C(F)(F)F)cc2)c2ccnc(Nc3ccc(N4CCOCC4)cc3)c21. The molecule has 0 saturated carbocycles. The van der Waals surface area contributed by atoms with E-state index in [-0.39, 0.29) is 0 Å². The second kappa shape index (κ2) is 9.42. The number of anilines is 3. The molecule has 2 aliphatic heterocycles. The highest BCUT2D eigenvalue weighted by molar-refractivity contribution is 5.88. The number of carbonyl (C=O) groups excluding carboxylic acids is 1. The average Bonchev–Trinajstić information content (AvgIpc) is 2.89. The van der Waals surface area contributed by atoms with Gasteiger partial charge in [0.2, 0.25) is 0 Å². The highest BCUT2D eigenvalue weighted by atomic mass is 19.4. The Morgan fingerprint density at radius 1 is 1.03 bits per heavy atom. The molecular weight excluding hydrogens is 457 g/mol. The molecule has 3 heterocycles. The molecular formula is C26H23F3N4O2. The van der Waals surface area contributed by atoms with Gasteiger partial charge in [-0.2, -0.15) is 13.2 Å². The number of hydrogen-bond acceptors (Lipinski definition) is 6. The molecule has 0 radical (unpaired) electrons. The number of alkyl halides is 3. The summed E-state index contributed by atoms with van der Waals surface area (Å²) in [4.78, 5) is 18.6. The van der Waals surface area contributed by atoms with Crippen LogP contribution in [0.3, 0.4) is 0 Å². The number of hydrogen-bond donors (Lipinski definition) is 2. The lowest BCUT2D eigenvalue weighted by molar-refractivity contribution is -0.137. The van der Waals surface area contributed by atoms with E-state index in [4.69, 9.17) is 4.74 Å². The summed E-state index contributed by atoms with van der Waals surface area (Å²) in [6, 6.07) is 14.0. The summed E-state index contributed by atoms with van der Waals surface area (Å²) in [6.45, 7) is 3.09. The normalized spacial score (nSPS) is 17.7. The number of carbonyl (C=O) groups is 1. The molecule has 1 fully saturated rings. The van der Waals surface area contributed by atoms with E-state index in [1.807, 2.05) is 24.3 Å². The Bertz CT molecular complexity index is 1230. The van der Waals surface area contributed by atoms with Crippen LogP contribution in [0.2, 0.25) is 0 Å². The lowest BCUT2D eigenvalue weighted by atomic mass is 9.89. The van der Waals surface area contributed by atoms with E-state index in [9.17, 15) is 18.0 Å². The van der Waals surface area contributed by atoms with Crippen molar-refractivity contribution in [3.63, 3.8) is 0 Å². The largest absolute Gasteiger partial charge is 0.416 e. The van der Waals surface area contributed by atoms with Crippen molar-refractivity contribution in [3.8, 4) is 0 Å². The third kappa shape index (κ3) is 4.72. The number of pyridine rings is 1. The number of halogens is 3. The molecule has 2 N–H and O–H groups in total. The lowest BCUT2D eigenvalue weighted by Crippen LogP contribution is -2.36. The van der Waals surface area contributed by atoms with E-state index in [1.54, 1.807) is 18.5 Å². The van der Waals surface area contributed by atoms with Gasteiger partial charge in [-0.1, -0.05) is 12.1 Å². The van der Waals surface area contributed by atoms with Gasteiger partial charge >= 0.3 is 6.18 Å². The molecule has 1 unspecified atom stereocenters. The zero-order chi connectivity index (χ0) is 24.4. The van der Waals surface area contributed by atoms with Crippen LogP contribution in [0, 0.1) is 0 Å². The van der Waals surface area contributed by atoms with Gasteiger partial charge in [0.15, 0.2) is 0 Å². The van der Waals surface area contributed by atoms with Crippen molar-refractivity contribution in [3.05, 3.63) is 89.2 Å². The molecule has 0 bridgehead atoms. The van der Waals surface area contributed by atoms with Gasteiger partial charge in [0.1, 0.15) is 18.1 Å². The molecule has 3 aromatic rings. The molecule has 180 valence electrons. The summed E-state index contributed by atoms with van der Waals surface area (Å²) >= 11 is 0. The fourth-order valence-corrected chi connectivity index (χ4v) is 4.36. The summed E-state index contributed by atoms with van der Waals surface area (Å²) in [5, 5.41) is 6.34. The summed E-state index contributed by atoms with van der Waals surface area (Å²) < 4.78 is 44.4. The fourth-order valence-electron chi connectivity index (χ4n) is 4.36. The van der Waals surface area contributed by atoms with E-state index >= 15 is 0 Å². The van der Waals surface area contributed by atoms with Crippen LogP contribution in [0.15, 0.2) is 67.0 Å². The predicted molar refractivity (Wildman–Crippen MR) is 127 cm³/mol. The van der Waals surface area contributed by atoms with Gasteiger partial charge in [0.25, 0.3) is 0 Å². The van der Waals surface area contributed by atoms with E-state index in [0.29, 0.717) is 35.7 Å². The molecule has 5 rings (SSSR count). The summed E-state index contributed by atoms with van der Waals surface area (Å²) in [6.07, 6.45) is -0.344. The Kier molecular flexibility index (Phi) is 6.17. The Morgan fingerprint density at radius 2 is 1.74 bits per heavy atom. The summed E-state index contributed by atoms with van der Waals surface area (Å²) in [5.74, 6) is 0.503. The van der Waals surface area contributed by atoms with Crippen LogP contribution in [-0.2, 0) is 15.7 Å². The molecule has 9 heteroatoms. The average molecular weight is 480 g/mol. The van der Waals surface area contributed by atoms with Crippen LogP contribution in [0.1, 0.15) is 28.3 Å². The van der Waals surface area contributed by atoms with Crippen LogP contribution >= 0.6 is 0 Å². The van der Waals surface area contributed by atoms with Crippen LogP contribution in [0.5, 0.6) is 0 Å². The molecule has 6 nitrogen and oxygen atoms in total. The van der Waals surface area contributed by atoms with Gasteiger partial charge in [0.05, 0.1) is 18.8 Å². The van der Waals surface area contributed by atoms with Crippen LogP contribution in [-0.4, -0.2) is 37.6 Å². The monoisotopic (exact) mass is 480 g/mol. The topological polar surface area (TPSA) is 66.5 Å². The number of benzene rings is 2. The minimum Gasteiger partial charge on any atom is -0.378 e. The lowest BCUT2D eigenvalue weighted by Gasteiger charge is -2.29. The van der Waals surface area contributed by atoms with Crippen molar-refractivity contribution >= 4 is 29.1 Å². The third-order valence-electron chi connectivity index (χ3n) is 6.16. The number of aldehydes is 1. The highest BCUT2D eigenvalue weighted by Gasteiger charge is 2.31. The van der Waals surface area contributed by atoms with Gasteiger partial charge in [-0.15, -0.1) is 0 Å². The Balaban J connectivity index is 1.44. The summed E-state index contributed by atoms with van der Waals surface area (Å²) in [7, 11) is 0. The van der Waals surface area contributed by atoms with Crippen LogP contribution in [0.4, 0.5) is 30.4 Å². The quantitative estimate of drug-likeness (QED) is 0.506. The second-order valence-corrected chi connectivity index (χ2v) is 8.31. The number of ether oxygens (including phenoxy) is 1. The number of fused-ring (bicyclic) bond motifs is 1. The van der Waals surface area contributed by atoms with Gasteiger partial charge in [-0.05, 0) is 53.6 Å². The Morgan fingerprint density at radius 3 is 2.40 bits per heavy atom. The van der Waals surface area contributed by atoms with E-state index in [1.165, 1.54) is 12.1 Å². The second-order valence-electron chi connectivity index (χ2n) is 8.31. The highest BCUT2D eigenvalue weighted by Crippen LogP contribution is 2.38.